The first-order valence-corrected chi connectivity index (χ1v) is 7.60. The normalized spacial score (nSPS) is 10.3. The Kier molecular flexibility index (Phi) is 5.02. The molecule has 0 aliphatic heterocycles. The molecule has 0 atom stereocenters. The summed E-state index contributed by atoms with van der Waals surface area (Å²) < 4.78 is 33.4. The molecule has 132 valence electrons. The number of ether oxygens (including phenoxy) is 1. The topological polar surface area (TPSA) is 76.1 Å². The number of hydrogen-bond donors (Lipinski definition) is 2. The number of benzene rings is 1. The molecule has 0 spiro atoms. The number of nitrogens with one attached hydrogen (secondary N) is 2. The fourth-order valence-corrected chi connectivity index (χ4v) is 2.17. The number of nitrogens with zero attached hydrogens (tertiary/aromatic N) is 2. The molecule has 0 fully saturated rings. The lowest BCUT2D eigenvalue weighted by Crippen LogP contribution is -2.24. The average molecular weight is 356 g/mol. The van der Waals surface area contributed by atoms with Crippen LogP contribution in [-0.4, -0.2) is 23.0 Å². The second-order valence-electron chi connectivity index (χ2n) is 5.14. The summed E-state index contributed by atoms with van der Waals surface area (Å²) in [6, 6.07) is 9.47. The van der Waals surface area contributed by atoms with Crippen molar-refractivity contribution < 1.29 is 18.3 Å². The molecule has 2 aromatic heterocycles. The molecule has 26 heavy (non-hydrogen) atoms. The van der Waals surface area contributed by atoms with Crippen molar-refractivity contribution in [3.8, 4) is 22.8 Å². The summed E-state index contributed by atoms with van der Waals surface area (Å²) in [6.07, 6.45) is 2.97. The highest BCUT2D eigenvalue weighted by atomic mass is 19.1. The van der Waals surface area contributed by atoms with E-state index in [0.29, 0.717) is 11.3 Å². The lowest BCUT2D eigenvalue weighted by Gasteiger charge is -2.13. The number of anilines is 1. The molecule has 0 aliphatic rings. The van der Waals surface area contributed by atoms with Gasteiger partial charge in [-0.25, -0.2) is 18.6 Å². The number of carbonyl (C=O) groups is 1. The standard InChI is InChI=1S/C18H14F2N4O2/c1-21-18(25)24-16-9-15(26-17-12(19)5-4-6-13(17)20)11(10-23-16)14-7-2-3-8-22-14/h2-10H,1H3,(H2,21,23,24,25). The van der Waals surface area contributed by atoms with Crippen molar-refractivity contribution in [3.63, 3.8) is 0 Å². The fraction of sp³-hybridized carbons (Fsp3) is 0.0556. The smallest absolute Gasteiger partial charge is 0.320 e. The summed E-state index contributed by atoms with van der Waals surface area (Å²) in [5, 5.41) is 4.86. The van der Waals surface area contributed by atoms with E-state index in [1.807, 2.05) is 0 Å². The monoisotopic (exact) mass is 356 g/mol. The number of pyridine rings is 2. The molecule has 0 saturated heterocycles. The zero-order chi connectivity index (χ0) is 18.5. The largest absolute Gasteiger partial charge is 0.450 e. The van der Waals surface area contributed by atoms with E-state index in [1.54, 1.807) is 24.4 Å². The summed E-state index contributed by atoms with van der Waals surface area (Å²) in [5.41, 5.74) is 0.911. The molecule has 0 unspecified atom stereocenters. The number of urea groups is 1. The molecule has 0 saturated carbocycles. The summed E-state index contributed by atoms with van der Waals surface area (Å²) in [7, 11) is 1.45. The van der Waals surface area contributed by atoms with E-state index in [-0.39, 0.29) is 11.6 Å². The Morgan fingerprint density at radius 3 is 2.50 bits per heavy atom. The van der Waals surface area contributed by atoms with Crippen LogP contribution in [-0.2, 0) is 0 Å². The minimum atomic E-state index is -0.852. The summed E-state index contributed by atoms with van der Waals surface area (Å²) in [5.74, 6) is -2.02. The number of amides is 2. The van der Waals surface area contributed by atoms with E-state index in [4.69, 9.17) is 4.74 Å². The molecule has 0 bridgehead atoms. The van der Waals surface area contributed by atoms with Crippen molar-refractivity contribution in [2.45, 2.75) is 0 Å². The van der Waals surface area contributed by atoms with Crippen LogP contribution in [0.5, 0.6) is 11.5 Å². The summed E-state index contributed by atoms with van der Waals surface area (Å²) in [4.78, 5) is 19.8. The van der Waals surface area contributed by atoms with Crippen LogP contribution in [0.4, 0.5) is 19.4 Å². The summed E-state index contributed by atoms with van der Waals surface area (Å²) in [6.45, 7) is 0. The van der Waals surface area contributed by atoms with Crippen molar-refractivity contribution in [2.24, 2.45) is 0 Å². The van der Waals surface area contributed by atoms with Crippen molar-refractivity contribution in [1.29, 1.82) is 0 Å². The zero-order valence-electron chi connectivity index (χ0n) is 13.7. The molecular formula is C18H14F2N4O2. The lowest BCUT2D eigenvalue weighted by molar-refractivity contribution is 0.254. The van der Waals surface area contributed by atoms with Gasteiger partial charge in [0.15, 0.2) is 17.4 Å². The first-order chi connectivity index (χ1) is 12.6. The van der Waals surface area contributed by atoms with Crippen LogP contribution in [0.15, 0.2) is 54.9 Å². The molecule has 1 aromatic carbocycles. The molecule has 3 aromatic rings. The van der Waals surface area contributed by atoms with Gasteiger partial charge < -0.3 is 10.1 Å². The fourth-order valence-electron chi connectivity index (χ4n) is 2.17. The minimum absolute atomic E-state index is 0.0918. The first kappa shape index (κ1) is 17.3. The number of hydrogen-bond acceptors (Lipinski definition) is 4. The number of para-hydroxylation sites is 1. The minimum Gasteiger partial charge on any atom is -0.450 e. The molecule has 2 heterocycles. The van der Waals surface area contributed by atoms with E-state index < -0.39 is 23.4 Å². The molecule has 6 nitrogen and oxygen atoms in total. The van der Waals surface area contributed by atoms with Crippen molar-refractivity contribution in [2.75, 3.05) is 12.4 Å². The van der Waals surface area contributed by atoms with Crippen molar-refractivity contribution >= 4 is 11.8 Å². The van der Waals surface area contributed by atoms with Crippen molar-refractivity contribution in [1.82, 2.24) is 15.3 Å². The number of halogens is 2. The van der Waals surface area contributed by atoms with Gasteiger partial charge in [0.1, 0.15) is 11.6 Å². The maximum atomic E-state index is 14.0. The van der Waals surface area contributed by atoms with Gasteiger partial charge in [0.05, 0.1) is 11.3 Å². The highest BCUT2D eigenvalue weighted by Gasteiger charge is 2.16. The third-order valence-corrected chi connectivity index (χ3v) is 3.41. The maximum Gasteiger partial charge on any atom is 0.320 e. The predicted molar refractivity (Wildman–Crippen MR) is 92.0 cm³/mol. The van der Waals surface area contributed by atoms with Gasteiger partial charge in [-0.3, -0.25) is 10.3 Å². The van der Waals surface area contributed by atoms with E-state index in [1.165, 1.54) is 25.4 Å². The van der Waals surface area contributed by atoms with Gasteiger partial charge in [-0.15, -0.1) is 0 Å². The van der Waals surface area contributed by atoms with Gasteiger partial charge in [-0.1, -0.05) is 12.1 Å². The average Bonchev–Trinajstić information content (AvgIpc) is 2.65. The Hall–Kier alpha value is -3.55. The first-order valence-electron chi connectivity index (χ1n) is 7.60. The highest BCUT2D eigenvalue weighted by Crippen LogP contribution is 2.35. The van der Waals surface area contributed by atoms with Crippen LogP contribution in [0, 0.1) is 11.6 Å². The molecule has 2 N–H and O–H groups in total. The predicted octanol–water partition coefficient (Wildman–Crippen LogP) is 3.97. The van der Waals surface area contributed by atoms with Gasteiger partial charge in [0.2, 0.25) is 0 Å². The number of rotatable bonds is 4. The maximum absolute atomic E-state index is 14.0. The van der Waals surface area contributed by atoms with Crippen LogP contribution in [0.2, 0.25) is 0 Å². The number of aromatic nitrogens is 2. The molecule has 0 aliphatic carbocycles. The Morgan fingerprint density at radius 2 is 1.85 bits per heavy atom. The second kappa shape index (κ2) is 7.56. The Labute approximate surface area is 147 Å². The van der Waals surface area contributed by atoms with E-state index >= 15 is 0 Å². The van der Waals surface area contributed by atoms with Crippen LogP contribution >= 0.6 is 0 Å². The van der Waals surface area contributed by atoms with Gasteiger partial charge in [0.25, 0.3) is 0 Å². The highest BCUT2D eigenvalue weighted by molar-refractivity contribution is 5.88. The molecule has 8 heteroatoms. The van der Waals surface area contributed by atoms with Crippen LogP contribution in [0.25, 0.3) is 11.3 Å². The Bertz CT molecular complexity index is 915. The number of carbonyl (C=O) groups excluding carboxylic acids is 1. The third-order valence-electron chi connectivity index (χ3n) is 3.41. The van der Waals surface area contributed by atoms with Gasteiger partial charge >= 0.3 is 6.03 Å². The molecule has 0 radical (unpaired) electrons. The summed E-state index contributed by atoms with van der Waals surface area (Å²) >= 11 is 0. The van der Waals surface area contributed by atoms with Crippen LogP contribution in [0.3, 0.4) is 0 Å². The SMILES string of the molecule is CNC(=O)Nc1cc(Oc2c(F)cccc2F)c(-c2ccccn2)cn1. The molecule has 2 amide bonds. The Balaban J connectivity index is 2.06. The quantitative estimate of drug-likeness (QED) is 0.742. The zero-order valence-corrected chi connectivity index (χ0v) is 13.7. The molecule has 3 rings (SSSR count). The van der Waals surface area contributed by atoms with E-state index in [0.717, 1.165) is 12.1 Å². The Morgan fingerprint density at radius 1 is 1.08 bits per heavy atom. The lowest BCUT2D eigenvalue weighted by atomic mass is 10.1. The van der Waals surface area contributed by atoms with Crippen LogP contribution < -0.4 is 15.4 Å². The van der Waals surface area contributed by atoms with Gasteiger partial charge in [-0.05, 0) is 24.3 Å². The molecular weight excluding hydrogens is 342 g/mol. The third kappa shape index (κ3) is 3.75. The van der Waals surface area contributed by atoms with Crippen molar-refractivity contribution in [3.05, 3.63) is 66.5 Å². The van der Waals surface area contributed by atoms with Gasteiger partial charge in [0, 0.05) is 25.5 Å². The van der Waals surface area contributed by atoms with E-state index in [2.05, 4.69) is 20.6 Å². The van der Waals surface area contributed by atoms with E-state index in [9.17, 15) is 13.6 Å². The second-order valence-corrected chi connectivity index (χ2v) is 5.14. The van der Waals surface area contributed by atoms with Crippen LogP contribution in [0.1, 0.15) is 0 Å². The van der Waals surface area contributed by atoms with Gasteiger partial charge in [-0.2, -0.15) is 0 Å².